The molecule has 1 aromatic rings. The Morgan fingerprint density at radius 1 is 1.82 bits per heavy atom. The summed E-state index contributed by atoms with van der Waals surface area (Å²) in [5.74, 6) is -0.0766. The van der Waals surface area contributed by atoms with Crippen LogP contribution in [-0.4, -0.2) is 22.6 Å². The predicted octanol–water partition coefficient (Wildman–Crippen LogP) is 0.811. The Kier molecular flexibility index (Phi) is 2.48. The lowest BCUT2D eigenvalue weighted by Crippen LogP contribution is -2.08. The van der Waals surface area contributed by atoms with Gasteiger partial charge in [0.05, 0.1) is 7.11 Å². The number of nitrogens with zero attached hydrogens (tertiary/aromatic N) is 2. The van der Waals surface area contributed by atoms with E-state index in [0.717, 1.165) is 3.70 Å². The fraction of sp³-hybridized carbons (Fsp3) is 0.333. The molecule has 0 saturated carbocycles. The van der Waals surface area contributed by atoms with Crippen LogP contribution in [0.15, 0.2) is 6.20 Å². The molecule has 11 heavy (non-hydrogen) atoms. The quantitative estimate of drug-likeness (QED) is 0.558. The number of ether oxygens (including phenoxy) is 1. The first kappa shape index (κ1) is 8.51. The smallest absolute Gasteiger partial charge is 0.374 e. The predicted molar refractivity (Wildman–Crippen MR) is 47.3 cm³/mol. The van der Waals surface area contributed by atoms with Gasteiger partial charge in [-0.15, -0.1) is 0 Å². The van der Waals surface area contributed by atoms with Crippen molar-refractivity contribution in [2.75, 3.05) is 7.11 Å². The number of aromatic nitrogens is 2. The van der Waals surface area contributed by atoms with Crippen LogP contribution in [0.2, 0.25) is 0 Å². The van der Waals surface area contributed by atoms with E-state index in [4.69, 9.17) is 0 Å². The van der Waals surface area contributed by atoms with Crippen molar-refractivity contribution in [1.29, 1.82) is 0 Å². The summed E-state index contributed by atoms with van der Waals surface area (Å²) in [7, 11) is 3.09. The minimum atomic E-state index is -0.407. The summed E-state index contributed by atoms with van der Waals surface area (Å²) in [5, 5.41) is 0. The summed E-state index contributed by atoms with van der Waals surface area (Å²) in [5.41, 5.74) is 0. The van der Waals surface area contributed by atoms with E-state index in [0.29, 0.717) is 5.82 Å². The molecule has 0 aliphatic heterocycles. The lowest BCUT2D eigenvalue weighted by atomic mass is 10.6. The van der Waals surface area contributed by atoms with Crippen LogP contribution < -0.4 is 0 Å². The maximum Gasteiger partial charge on any atom is 0.374 e. The third kappa shape index (κ3) is 1.70. The van der Waals surface area contributed by atoms with Crippen molar-refractivity contribution in [2.45, 2.75) is 0 Å². The summed E-state index contributed by atoms with van der Waals surface area (Å²) in [6.07, 6.45) is 1.76. The maximum atomic E-state index is 10.9. The molecule has 4 nitrogen and oxygen atoms in total. The van der Waals surface area contributed by atoms with Crippen LogP contribution in [0, 0.1) is 3.70 Å². The molecule has 1 heterocycles. The summed E-state index contributed by atoms with van der Waals surface area (Å²) in [6.45, 7) is 0. The average molecular weight is 266 g/mol. The van der Waals surface area contributed by atoms with Crippen molar-refractivity contribution in [3.8, 4) is 0 Å². The van der Waals surface area contributed by atoms with Gasteiger partial charge in [0.15, 0.2) is 0 Å². The van der Waals surface area contributed by atoms with E-state index in [-0.39, 0.29) is 0 Å². The minimum Gasteiger partial charge on any atom is -0.463 e. The zero-order valence-corrected chi connectivity index (χ0v) is 8.32. The summed E-state index contributed by atoms with van der Waals surface area (Å²) in [6, 6.07) is 0. The number of methoxy groups -OCH3 is 1. The van der Waals surface area contributed by atoms with Crippen LogP contribution in [-0.2, 0) is 11.8 Å². The Labute approximate surface area is 77.7 Å². The van der Waals surface area contributed by atoms with Crippen LogP contribution in [0.3, 0.4) is 0 Å². The van der Waals surface area contributed by atoms with E-state index < -0.39 is 5.97 Å². The van der Waals surface area contributed by atoms with Gasteiger partial charge >= 0.3 is 5.97 Å². The van der Waals surface area contributed by atoms with Gasteiger partial charge in [0.1, 0.15) is 3.70 Å². The maximum absolute atomic E-state index is 10.9. The molecule has 0 atom stereocenters. The fourth-order valence-electron chi connectivity index (χ4n) is 0.711. The molecule has 0 aliphatic carbocycles. The lowest BCUT2D eigenvalue weighted by Gasteiger charge is -1.96. The number of imidazole rings is 1. The van der Waals surface area contributed by atoms with E-state index in [1.165, 1.54) is 7.11 Å². The van der Waals surface area contributed by atoms with Gasteiger partial charge in [-0.1, -0.05) is 0 Å². The molecular formula is C6H7IN2O2. The van der Waals surface area contributed by atoms with Gasteiger partial charge in [0.2, 0.25) is 5.82 Å². The fourth-order valence-corrected chi connectivity index (χ4v) is 1.36. The van der Waals surface area contributed by atoms with E-state index in [9.17, 15) is 4.79 Å². The Morgan fingerprint density at radius 3 is 2.82 bits per heavy atom. The number of halogens is 1. The summed E-state index contributed by atoms with van der Waals surface area (Å²) >= 11 is 2.04. The van der Waals surface area contributed by atoms with Gasteiger partial charge in [-0.2, -0.15) is 0 Å². The van der Waals surface area contributed by atoms with Crippen LogP contribution >= 0.6 is 22.6 Å². The molecular weight excluding hydrogens is 259 g/mol. The first-order valence-electron chi connectivity index (χ1n) is 2.92. The molecule has 5 heteroatoms. The highest BCUT2D eigenvalue weighted by Crippen LogP contribution is 2.04. The number of carbonyl (C=O) groups is 1. The zero-order valence-electron chi connectivity index (χ0n) is 6.17. The number of esters is 1. The van der Waals surface area contributed by atoms with Crippen molar-refractivity contribution in [3.05, 3.63) is 15.7 Å². The third-order valence-electron chi connectivity index (χ3n) is 1.21. The van der Waals surface area contributed by atoms with Crippen molar-refractivity contribution in [1.82, 2.24) is 9.55 Å². The van der Waals surface area contributed by atoms with Crippen molar-refractivity contribution in [2.24, 2.45) is 7.05 Å². The molecule has 0 bridgehead atoms. The average Bonchev–Trinajstić information content (AvgIpc) is 2.28. The highest BCUT2D eigenvalue weighted by molar-refractivity contribution is 14.1. The molecule has 0 unspecified atom stereocenters. The number of carbonyl (C=O) groups excluding carboxylic acids is 1. The molecule has 1 rings (SSSR count). The van der Waals surface area contributed by atoms with Gasteiger partial charge in [-0.05, 0) is 22.6 Å². The van der Waals surface area contributed by atoms with Gasteiger partial charge in [-0.3, -0.25) is 0 Å². The zero-order chi connectivity index (χ0) is 8.43. The molecule has 0 aliphatic rings. The monoisotopic (exact) mass is 266 g/mol. The molecule has 0 spiro atoms. The van der Waals surface area contributed by atoms with Crippen LogP contribution in [0.25, 0.3) is 0 Å². The Morgan fingerprint density at radius 2 is 2.45 bits per heavy atom. The SMILES string of the molecule is COC(=O)c1nc(I)cn1C. The van der Waals surface area contributed by atoms with E-state index in [2.05, 4.69) is 9.72 Å². The number of hydrogen-bond acceptors (Lipinski definition) is 3. The number of rotatable bonds is 1. The summed E-state index contributed by atoms with van der Waals surface area (Å²) < 4.78 is 6.92. The third-order valence-corrected chi connectivity index (χ3v) is 1.73. The standard InChI is InChI=1S/C6H7IN2O2/c1-9-3-4(7)8-5(9)6(10)11-2/h3H,1-2H3. The first-order valence-corrected chi connectivity index (χ1v) is 4.00. The normalized spacial score (nSPS) is 9.73. The molecule has 60 valence electrons. The Balaban J connectivity index is 3.03. The van der Waals surface area contributed by atoms with Gasteiger partial charge < -0.3 is 9.30 Å². The van der Waals surface area contributed by atoms with E-state index in [1.54, 1.807) is 17.8 Å². The van der Waals surface area contributed by atoms with Crippen molar-refractivity contribution < 1.29 is 9.53 Å². The molecule has 0 radical (unpaired) electrons. The van der Waals surface area contributed by atoms with Gasteiger partial charge in [-0.25, -0.2) is 9.78 Å². The van der Waals surface area contributed by atoms with E-state index >= 15 is 0 Å². The molecule has 0 aromatic carbocycles. The highest BCUT2D eigenvalue weighted by Gasteiger charge is 2.11. The second-order valence-corrected chi connectivity index (χ2v) is 3.09. The molecule has 1 aromatic heterocycles. The molecule has 0 amide bonds. The van der Waals surface area contributed by atoms with Crippen LogP contribution in [0.1, 0.15) is 10.6 Å². The molecule has 0 saturated heterocycles. The molecule has 0 N–H and O–H groups in total. The topological polar surface area (TPSA) is 44.1 Å². The van der Waals surface area contributed by atoms with Crippen LogP contribution in [0.4, 0.5) is 0 Å². The second kappa shape index (κ2) is 3.21. The second-order valence-electron chi connectivity index (χ2n) is 1.99. The Hall–Kier alpha value is -0.590. The van der Waals surface area contributed by atoms with Crippen LogP contribution in [0.5, 0.6) is 0 Å². The van der Waals surface area contributed by atoms with Gasteiger partial charge in [0.25, 0.3) is 0 Å². The lowest BCUT2D eigenvalue weighted by molar-refractivity contribution is 0.0582. The highest BCUT2D eigenvalue weighted by atomic mass is 127. The summed E-state index contributed by atoms with van der Waals surface area (Å²) in [4.78, 5) is 14.9. The largest absolute Gasteiger partial charge is 0.463 e. The minimum absolute atomic E-state index is 0.330. The number of aryl methyl sites for hydroxylation is 1. The van der Waals surface area contributed by atoms with Crippen molar-refractivity contribution in [3.63, 3.8) is 0 Å². The van der Waals surface area contributed by atoms with Gasteiger partial charge in [0, 0.05) is 13.2 Å². The molecule has 0 fully saturated rings. The Bertz CT molecular complexity index is 282. The first-order chi connectivity index (χ1) is 5.15. The number of hydrogen-bond donors (Lipinski definition) is 0. The van der Waals surface area contributed by atoms with Crippen molar-refractivity contribution >= 4 is 28.6 Å². The van der Waals surface area contributed by atoms with E-state index in [1.807, 2.05) is 22.6 Å².